The first-order valence-electron chi connectivity index (χ1n) is 9.38. The van der Waals surface area contributed by atoms with Crippen molar-refractivity contribution in [2.75, 3.05) is 44.7 Å². The summed E-state index contributed by atoms with van der Waals surface area (Å²) in [5, 5.41) is 2.94. The average molecular weight is 367 g/mol. The summed E-state index contributed by atoms with van der Waals surface area (Å²) in [6.45, 7) is 4.98. The van der Waals surface area contributed by atoms with Gasteiger partial charge >= 0.3 is 0 Å². The van der Waals surface area contributed by atoms with Gasteiger partial charge in [-0.2, -0.15) is 0 Å². The number of ether oxygens (including phenoxy) is 2. The third-order valence-corrected chi connectivity index (χ3v) is 5.07. The maximum atomic E-state index is 12.4. The molecule has 0 aromatic heterocycles. The number of benzene rings is 2. The number of rotatable bonds is 4. The molecular weight excluding hydrogens is 342 g/mol. The molecule has 2 aliphatic heterocycles. The predicted octanol–water partition coefficient (Wildman–Crippen LogP) is 1.89. The van der Waals surface area contributed by atoms with Crippen LogP contribution in [0.25, 0.3) is 0 Å². The largest absolute Gasteiger partial charge is 0.485 e. The Morgan fingerprint density at radius 3 is 2.48 bits per heavy atom. The normalized spacial score (nSPS) is 19.6. The minimum absolute atomic E-state index is 0.160. The van der Waals surface area contributed by atoms with Gasteiger partial charge < -0.3 is 24.6 Å². The van der Waals surface area contributed by atoms with Crippen LogP contribution in [-0.2, 0) is 11.3 Å². The maximum Gasteiger partial charge on any atom is 0.264 e. The van der Waals surface area contributed by atoms with Gasteiger partial charge in [-0.15, -0.1) is 0 Å². The number of amides is 1. The Morgan fingerprint density at radius 1 is 1.04 bits per heavy atom. The number of anilines is 1. The second-order valence-corrected chi connectivity index (χ2v) is 7.04. The number of carbonyl (C=O) groups is 1. The average Bonchev–Trinajstić information content (AvgIpc) is 2.72. The molecule has 2 aliphatic rings. The molecule has 142 valence electrons. The van der Waals surface area contributed by atoms with Crippen molar-refractivity contribution in [1.29, 1.82) is 0 Å². The molecule has 27 heavy (non-hydrogen) atoms. The third-order valence-electron chi connectivity index (χ3n) is 5.07. The lowest BCUT2D eigenvalue weighted by Crippen LogP contribution is -2.44. The van der Waals surface area contributed by atoms with Crippen LogP contribution in [0.1, 0.15) is 5.56 Å². The zero-order chi connectivity index (χ0) is 18.6. The first-order valence-corrected chi connectivity index (χ1v) is 9.38. The fourth-order valence-corrected chi connectivity index (χ4v) is 3.34. The molecule has 1 fully saturated rings. The zero-order valence-electron chi connectivity index (χ0n) is 15.6. The second kappa shape index (κ2) is 7.88. The monoisotopic (exact) mass is 367 g/mol. The van der Waals surface area contributed by atoms with E-state index in [1.165, 1.54) is 5.69 Å². The van der Waals surface area contributed by atoms with E-state index in [0.717, 1.165) is 31.7 Å². The van der Waals surface area contributed by atoms with E-state index in [-0.39, 0.29) is 12.5 Å². The summed E-state index contributed by atoms with van der Waals surface area (Å²) in [7, 11) is 2.16. The SMILES string of the molecule is CN1CCN(c2ccc(CNC(=O)[C@H]3COc4ccccc4O3)cc2)CC1. The Balaban J connectivity index is 1.29. The topological polar surface area (TPSA) is 54.0 Å². The standard InChI is InChI=1S/C21H25N3O3/c1-23-10-12-24(13-11-23)17-8-6-16(7-9-17)14-22-21(25)20-15-26-18-4-2-3-5-19(18)27-20/h2-9,20H,10-15H2,1H3,(H,22,25)/t20-/m1/s1. The molecule has 0 unspecified atom stereocenters. The Morgan fingerprint density at radius 2 is 1.74 bits per heavy atom. The number of nitrogens with one attached hydrogen (secondary N) is 1. The van der Waals surface area contributed by atoms with Crippen molar-refractivity contribution >= 4 is 11.6 Å². The highest BCUT2D eigenvalue weighted by molar-refractivity contribution is 5.81. The number of hydrogen-bond donors (Lipinski definition) is 1. The summed E-state index contributed by atoms with van der Waals surface area (Å²) < 4.78 is 11.3. The van der Waals surface area contributed by atoms with E-state index >= 15 is 0 Å². The summed E-state index contributed by atoms with van der Waals surface area (Å²) in [4.78, 5) is 17.1. The molecule has 1 atom stereocenters. The summed E-state index contributed by atoms with van der Waals surface area (Å²) in [5.74, 6) is 1.13. The van der Waals surface area contributed by atoms with Crippen LogP contribution in [0.15, 0.2) is 48.5 Å². The molecule has 1 N–H and O–H groups in total. The number of likely N-dealkylation sites (N-methyl/N-ethyl adjacent to an activating group) is 1. The molecule has 1 amide bonds. The number of fused-ring (bicyclic) bond motifs is 1. The Bertz CT molecular complexity index is 786. The van der Waals surface area contributed by atoms with Crippen molar-refractivity contribution in [2.45, 2.75) is 12.6 Å². The lowest BCUT2D eigenvalue weighted by atomic mass is 10.1. The molecule has 6 nitrogen and oxygen atoms in total. The van der Waals surface area contributed by atoms with E-state index in [0.29, 0.717) is 18.0 Å². The van der Waals surface area contributed by atoms with E-state index in [9.17, 15) is 4.79 Å². The highest BCUT2D eigenvalue weighted by Gasteiger charge is 2.26. The van der Waals surface area contributed by atoms with Crippen LogP contribution in [0.2, 0.25) is 0 Å². The summed E-state index contributed by atoms with van der Waals surface area (Å²) >= 11 is 0. The van der Waals surface area contributed by atoms with Crippen molar-refractivity contribution < 1.29 is 14.3 Å². The molecule has 6 heteroatoms. The third kappa shape index (κ3) is 4.17. The minimum Gasteiger partial charge on any atom is -0.485 e. The molecule has 0 radical (unpaired) electrons. The molecule has 0 aliphatic carbocycles. The summed E-state index contributed by atoms with van der Waals surface area (Å²) in [6, 6.07) is 15.8. The van der Waals surface area contributed by atoms with Crippen LogP contribution in [0.3, 0.4) is 0 Å². The molecule has 0 spiro atoms. The predicted molar refractivity (Wildman–Crippen MR) is 104 cm³/mol. The van der Waals surface area contributed by atoms with Crippen LogP contribution < -0.4 is 19.7 Å². The fourth-order valence-electron chi connectivity index (χ4n) is 3.34. The van der Waals surface area contributed by atoms with Gasteiger partial charge in [0.1, 0.15) is 6.61 Å². The molecular formula is C21H25N3O3. The molecule has 1 saturated heterocycles. The number of hydrogen-bond acceptors (Lipinski definition) is 5. The van der Waals surface area contributed by atoms with Gasteiger partial charge in [-0.3, -0.25) is 4.79 Å². The van der Waals surface area contributed by atoms with E-state index in [4.69, 9.17) is 9.47 Å². The first kappa shape index (κ1) is 17.7. The van der Waals surface area contributed by atoms with Crippen molar-refractivity contribution in [3.05, 3.63) is 54.1 Å². The number of para-hydroxylation sites is 2. The summed E-state index contributed by atoms with van der Waals surface area (Å²) in [6.07, 6.45) is -0.621. The van der Waals surface area contributed by atoms with Crippen LogP contribution in [0.5, 0.6) is 11.5 Å². The van der Waals surface area contributed by atoms with Gasteiger partial charge in [-0.05, 0) is 36.9 Å². The molecule has 2 aromatic carbocycles. The molecule has 2 heterocycles. The molecule has 4 rings (SSSR count). The van der Waals surface area contributed by atoms with Crippen LogP contribution in [0.4, 0.5) is 5.69 Å². The van der Waals surface area contributed by atoms with Gasteiger partial charge in [-0.1, -0.05) is 24.3 Å². The van der Waals surface area contributed by atoms with Gasteiger partial charge in [0, 0.05) is 38.4 Å². The number of piperazine rings is 1. The zero-order valence-corrected chi connectivity index (χ0v) is 15.6. The van der Waals surface area contributed by atoms with E-state index in [2.05, 4.69) is 46.4 Å². The first-order chi connectivity index (χ1) is 13.2. The lowest BCUT2D eigenvalue weighted by Gasteiger charge is -2.34. The Hall–Kier alpha value is -2.73. The van der Waals surface area contributed by atoms with Gasteiger partial charge in [0.2, 0.25) is 6.10 Å². The van der Waals surface area contributed by atoms with Crippen molar-refractivity contribution in [3.8, 4) is 11.5 Å². The van der Waals surface area contributed by atoms with E-state index < -0.39 is 6.10 Å². The van der Waals surface area contributed by atoms with Gasteiger partial charge in [0.05, 0.1) is 0 Å². The van der Waals surface area contributed by atoms with Crippen LogP contribution in [0, 0.1) is 0 Å². The van der Waals surface area contributed by atoms with Gasteiger partial charge in [0.15, 0.2) is 11.5 Å². The van der Waals surface area contributed by atoms with Crippen LogP contribution in [-0.4, -0.2) is 56.7 Å². The van der Waals surface area contributed by atoms with Crippen molar-refractivity contribution in [3.63, 3.8) is 0 Å². The Kier molecular flexibility index (Phi) is 5.16. The number of nitrogens with zero attached hydrogens (tertiary/aromatic N) is 2. The summed E-state index contributed by atoms with van der Waals surface area (Å²) in [5.41, 5.74) is 2.30. The quantitative estimate of drug-likeness (QED) is 0.895. The van der Waals surface area contributed by atoms with Gasteiger partial charge in [0.25, 0.3) is 5.91 Å². The molecule has 2 aromatic rings. The number of carbonyl (C=O) groups excluding carboxylic acids is 1. The minimum atomic E-state index is -0.621. The second-order valence-electron chi connectivity index (χ2n) is 7.04. The lowest BCUT2D eigenvalue weighted by molar-refractivity contribution is -0.130. The molecule has 0 saturated carbocycles. The van der Waals surface area contributed by atoms with E-state index in [1.54, 1.807) is 0 Å². The molecule has 0 bridgehead atoms. The maximum absolute atomic E-state index is 12.4. The Labute approximate surface area is 159 Å². The smallest absolute Gasteiger partial charge is 0.264 e. The fraction of sp³-hybridized carbons (Fsp3) is 0.381. The highest BCUT2D eigenvalue weighted by atomic mass is 16.6. The van der Waals surface area contributed by atoms with Crippen molar-refractivity contribution in [1.82, 2.24) is 10.2 Å². The van der Waals surface area contributed by atoms with E-state index in [1.807, 2.05) is 24.3 Å². The highest BCUT2D eigenvalue weighted by Crippen LogP contribution is 2.30. The van der Waals surface area contributed by atoms with Gasteiger partial charge in [-0.25, -0.2) is 0 Å². The van der Waals surface area contributed by atoms with Crippen molar-refractivity contribution in [2.24, 2.45) is 0 Å². The van der Waals surface area contributed by atoms with Crippen LogP contribution >= 0.6 is 0 Å².